The van der Waals surface area contributed by atoms with E-state index in [1.54, 1.807) is 6.92 Å². The SMILES string of the molecule is Cc1ccc(F)c(C(=O)N2C[C@H](C(=O)O)[C@@H](c3ccccc3)C2)c1Cl. The highest BCUT2D eigenvalue weighted by Crippen LogP contribution is 2.35. The van der Waals surface area contributed by atoms with Crippen molar-refractivity contribution in [1.82, 2.24) is 4.90 Å². The predicted molar refractivity (Wildman–Crippen MR) is 92.4 cm³/mol. The van der Waals surface area contributed by atoms with E-state index in [0.717, 1.165) is 5.56 Å². The van der Waals surface area contributed by atoms with Crippen molar-refractivity contribution < 1.29 is 19.1 Å². The van der Waals surface area contributed by atoms with Gasteiger partial charge in [-0.25, -0.2) is 4.39 Å². The lowest BCUT2D eigenvalue weighted by atomic mass is 9.89. The van der Waals surface area contributed by atoms with Gasteiger partial charge in [0.15, 0.2) is 0 Å². The smallest absolute Gasteiger partial charge is 0.308 e. The molecule has 1 N–H and O–H groups in total. The van der Waals surface area contributed by atoms with Gasteiger partial charge in [-0.3, -0.25) is 9.59 Å². The Morgan fingerprint density at radius 2 is 1.84 bits per heavy atom. The lowest BCUT2D eigenvalue weighted by Crippen LogP contribution is -2.31. The summed E-state index contributed by atoms with van der Waals surface area (Å²) in [7, 11) is 0. The summed E-state index contributed by atoms with van der Waals surface area (Å²) in [4.78, 5) is 25.8. The molecule has 0 aromatic heterocycles. The summed E-state index contributed by atoms with van der Waals surface area (Å²) in [6.45, 7) is 1.93. The molecule has 0 saturated carbocycles. The van der Waals surface area contributed by atoms with Crippen LogP contribution in [0.1, 0.15) is 27.4 Å². The molecule has 6 heteroatoms. The van der Waals surface area contributed by atoms with Gasteiger partial charge in [0.05, 0.1) is 16.5 Å². The lowest BCUT2D eigenvalue weighted by Gasteiger charge is -2.18. The molecule has 1 amide bonds. The van der Waals surface area contributed by atoms with E-state index in [2.05, 4.69) is 0 Å². The highest BCUT2D eigenvalue weighted by atomic mass is 35.5. The Bertz CT molecular complexity index is 825. The molecular weight excluding hydrogens is 345 g/mol. The number of carbonyl (C=O) groups is 2. The van der Waals surface area contributed by atoms with Crippen LogP contribution in [-0.2, 0) is 4.79 Å². The summed E-state index contributed by atoms with van der Waals surface area (Å²) in [6.07, 6.45) is 0. The van der Waals surface area contributed by atoms with Gasteiger partial charge in [0.1, 0.15) is 5.82 Å². The minimum absolute atomic E-state index is 0.0252. The number of amides is 1. The number of carboxylic acid groups (broad SMARTS) is 1. The molecular formula is C19H17ClFNO3. The minimum Gasteiger partial charge on any atom is -0.481 e. The molecule has 1 saturated heterocycles. The van der Waals surface area contributed by atoms with Gasteiger partial charge >= 0.3 is 5.97 Å². The maximum Gasteiger partial charge on any atom is 0.308 e. The van der Waals surface area contributed by atoms with Crippen LogP contribution in [0.15, 0.2) is 42.5 Å². The molecule has 1 aliphatic rings. The first-order chi connectivity index (χ1) is 11.9. The summed E-state index contributed by atoms with van der Waals surface area (Å²) >= 11 is 6.12. The van der Waals surface area contributed by atoms with Crippen molar-refractivity contribution in [2.45, 2.75) is 12.8 Å². The van der Waals surface area contributed by atoms with Crippen LogP contribution in [0.2, 0.25) is 5.02 Å². The third-order valence-corrected chi connectivity index (χ3v) is 5.14. The van der Waals surface area contributed by atoms with E-state index in [4.69, 9.17) is 11.6 Å². The molecule has 2 aromatic rings. The number of nitrogens with zero attached hydrogens (tertiary/aromatic N) is 1. The third-order valence-electron chi connectivity index (χ3n) is 4.65. The van der Waals surface area contributed by atoms with Crippen molar-refractivity contribution in [1.29, 1.82) is 0 Å². The monoisotopic (exact) mass is 361 g/mol. The van der Waals surface area contributed by atoms with E-state index in [9.17, 15) is 19.1 Å². The number of rotatable bonds is 3. The number of aryl methyl sites for hydroxylation is 1. The van der Waals surface area contributed by atoms with E-state index in [-0.39, 0.29) is 29.6 Å². The molecule has 2 atom stereocenters. The first-order valence-corrected chi connectivity index (χ1v) is 8.29. The van der Waals surface area contributed by atoms with Crippen LogP contribution < -0.4 is 0 Å². The molecule has 0 unspecified atom stereocenters. The number of benzene rings is 2. The first kappa shape index (κ1) is 17.4. The molecule has 0 radical (unpaired) electrons. The maximum atomic E-state index is 14.2. The predicted octanol–water partition coefficient (Wildman–Crippen LogP) is 3.73. The second kappa shape index (κ2) is 6.84. The van der Waals surface area contributed by atoms with Gasteiger partial charge in [-0.05, 0) is 24.1 Å². The topological polar surface area (TPSA) is 57.6 Å². The zero-order valence-corrected chi connectivity index (χ0v) is 14.3. The van der Waals surface area contributed by atoms with Crippen LogP contribution in [0.3, 0.4) is 0 Å². The maximum absolute atomic E-state index is 14.2. The molecule has 1 aliphatic heterocycles. The second-order valence-electron chi connectivity index (χ2n) is 6.23. The standard InChI is InChI=1S/C19H17ClFNO3/c1-11-7-8-15(21)16(17(11)20)18(23)22-9-13(14(10-22)19(24)25)12-5-3-2-4-6-12/h2-8,13-14H,9-10H2,1H3,(H,24,25)/t13-,14+/m1/s1. The second-order valence-corrected chi connectivity index (χ2v) is 6.60. The van der Waals surface area contributed by atoms with Crippen molar-refractivity contribution in [3.63, 3.8) is 0 Å². The van der Waals surface area contributed by atoms with E-state index < -0.39 is 23.6 Å². The van der Waals surface area contributed by atoms with Gasteiger partial charge in [-0.1, -0.05) is 48.0 Å². The van der Waals surface area contributed by atoms with Gasteiger partial charge in [-0.2, -0.15) is 0 Å². The highest BCUT2D eigenvalue weighted by molar-refractivity contribution is 6.34. The van der Waals surface area contributed by atoms with E-state index in [0.29, 0.717) is 5.56 Å². The fourth-order valence-electron chi connectivity index (χ4n) is 3.27. The van der Waals surface area contributed by atoms with Crippen LogP contribution in [0.25, 0.3) is 0 Å². The molecule has 25 heavy (non-hydrogen) atoms. The molecule has 0 aliphatic carbocycles. The Kier molecular flexibility index (Phi) is 4.77. The van der Waals surface area contributed by atoms with Gasteiger partial charge in [0, 0.05) is 19.0 Å². The molecule has 2 aromatic carbocycles. The number of carbonyl (C=O) groups excluding carboxylic acids is 1. The Morgan fingerprint density at radius 3 is 2.48 bits per heavy atom. The summed E-state index contributed by atoms with van der Waals surface area (Å²) in [5.74, 6) is -3.32. The van der Waals surface area contributed by atoms with Crippen LogP contribution in [0.5, 0.6) is 0 Å². The number of hydrogen-bond acceptors (Lipinski definition) is 2. The molecule has 1 heterocycles. The number of carboxylic acids is 1. The van der Waals surface area contributed by atoms with Crippen LogP contribution in [0, 0.1) is 18.7 Å². The fourth-order valence-corrected chi connectivity index (χ4v) is 3.50. The Hall–Kier alpha value is -2.40. The first-order valence-electron chi connectivity index (χ1n) is 7.91. The molecule has 4 nitrogen and oxygen atoms in total. The largest absolute Gasteiger partial charge is 0.481 e. The number of halogens is 2. The number of hydrogen-bond donors (Lipinski definition) is 1. The minimum atomic E-state index is -0.972. The van der Waals surface area contributed by atoms with Crippen LogP contribution >= 0.6 is 11.6 Å². The van der Waals surface area contributed by atoms with Gasteiger partial charge in [-0.15, -0.1) is 0 Å². The molecule has 130 valence electrons. The molecule has 1 fully saturated rings. The summed E-state index contributed by atoms with van der Waals surface area (Å²) in [5.41, 5.74) is 1.25. The summed E-state index contributed by atoms with van der Waals surface area (Å²) < 4.78 is 14.2. The van der Waals surface area contributed by atoms with Crippen LogP contribution in [-0.4, -0.2) is 35.0 Å². The Labute approximate surface area is 149 Å². The van der Waals surface area contributed by atoms with E-state index in [1.165, 1.54) is 17.0 Å². The zero-order chi connectivity index (χ0) is 18.1. The highest BCUT2D eigenvalue weighted by Gasteiger charge is 2.41. The van der Waals surface area contributed by atoms with Crippen molar-refractivity contribution in [3.8, 4) is 0 Å². The van der Waals surface area contributed by atoms with Gasteiger partial charge in [0.25, 0.3) is 5.91 Å². The number of likely N-dealkylation sites (tertiary alicyclic amines) is 1. The average molecular weight is 362 g/mol. The van der Waals surface area contributed by atoms with Crippen molar-refractivity contribution >= 4 is 23.5 Å². The van der Waals surface area contributed by atoms with E-state index >= 15 is 0 Å². The zero-order valence-electron chi connectivity index (χ0n) is 13.6. The fraction of sp³-hybridized carbons (Fsp3) is 0.263. The molecule has 0 spiro atoms. The Balaban J connectivity index is 1.93. The van der Waals surface area contributed by atoms with Crippen molar-refractivity contribution in [3.05, 3.63) is 70.0 Å². The summed E-state index contributed by atoms with van der Waals surface area (Å²) in [5, 5.41) is 9.60. The van der Waals surface area contributed by atoms with Gasteiger partial charge in [0.2, 0.25) is 0 Å². The van der Waals surface area contributed by atoms with Gasteiger partial charge < -0.3 is 10.0 Å². The average Bonchev–Trinajstić information content (AvgIpc) is 3.05. The normalized spacial score (nSPS) is 19.9. The van der Waals surface area contributed by atoms with Crippen LogP contribution in [0.4, 0.5) is 4.39 Å². The number of aliphatic carboxylic acids is 1. The third kappa shape index (κ3) is 3.24. The van der Waals surface area contributed by atoms with Crippen molar-refractivity contribution in [2.24, 2.45) is 5.92 Å². The van der Waals surface area contributed by atoms with Crippen molar-refractivity contribution in [2.75, 3.05) is 13.1 Å². The Morgan fingerprint density at radius 1 is 1.16 bits per heavy atom. The molecule has 0 bridgehead atoms. The lowest BCUT2D eigenvalue weighted by molar-refractivity contribution is -0.141. The summed E-state index contributed by atoms with van der Waals surface area (Å²) in [6, 6.07) is 11.9. The van der Waals surface area contributed by atoms with E-state index in [1.807, 2.05) is 30.3 Å². The quantitative estimate of drug-likeness (QED) is 0.906. The molecule has 3 rings (SSSR count).